The maximum absolute atomic E-state index is 13.5. The lowest BCUT2D eigenvalue weighted by Gasteiger charge is -2.49. The predicted molar refractivity (Wildman–Crippen MR) is 201 cm³/mol. The molecule has 2 aromatic carbocycles. The van der Waals surface area contributed by atoms with E-state index in [9.17, 15) is 9.90 Å². The molecular formula is C41H62O11Si. The topological polar surface area (TPSA) is 120 Å². The Labute approximate surface area is 317 Å². The summed E-state index contributed by atoms with van der Waals surface area (Å²) in [6, 6.07) is 19.4. The maximum atomic E-state index is 13.5. The summed E-state index contributed by atoms with van der Waals surface area (Å²) in [5.41, 5.74) is 1.78. The van der Waals surface area contributed by atoms with E-state index in [1.165, 1.54) is 0 Å². The maximum Gasteiger partial charge on any atom is 0.306 e. The first-order valence-electron chi connectivity index (χ1n) is 19.3. The number of unbranched alkanes of at least 4 members (excludes halogenated alkanes) is 4. The second-order valence-corrected chi connectivity index (χ2v) is 21.1. The Bertz CT molecular complexity index is 1400. The van der Waals surface area contributed by atoms with E-state index in [1.54, 1.807) is 13.8 Å². The zero-order chi connectivity index (χ0) is 38.2. The Hall–Kier alpha value is -2.23. The van der Waals surface area contributed by atoms with Crippen molar-refractivity contribution in [1.82, 2.24) is 0 Å². The molecule has 0 aliphatic carbocycles. The van der Waals surface area contributed by atoms with Gasteiger partial charge in [0.15, 0.2) is 32.8 Å². The van der Waals surface area contributed by atoms with Crippen LogP contribution in [-0.4, -0.2) is 87.6 Å². The molecule has 0 radical (unpaired) electrons. The summed E-state index contributed by atoms with van der Waals surface area (Å²) in [5.74, 6) is -1.41. The lowest BCUT2D eigenvalue weighted by Crippen LogP contribution is -2.64. The zero-order valence-electron chi connectivity index (χ0n) is 32.9. The fourth-order valence-electron chi connectivity index (χ4n) is 6.56. The van der Waals surface area contributed by atoms with Gasteiger partial charge in [0.05, 0.1) is 19.8 Å². The molecule has 11 nitrogen and oxygen atoms in total. The van der Waals surface area contributed by atoms with E-state index in [4.69, 9.17) is 42.3 Å². The van der Waals surface area contributed by atoms with Crippen molar-refractivity contribution < 1.29 is 52.2 Å². The third-order valence-corrected chi connectivity index (χ3v) is 15.1. The average Bonchev–Trinajstić information content (AvgIpc) is 3.44. The van der Waals surface area contributed by atoms with Gasteiger partial charge >= 0.3 is 5.97 Å². The molecule has 0 spiro atoms. The fourth-order valence-corrected chi connectivity index (χ4v) is 7.57. The van der Waals surface area contributed by atoms with Crippen LogP contribution in [0, 0.1) is 0 Å². The molecule has 1 N–H and O–H groups in total. The normalized spacial score (nSPS) is 29.4. The van der Waals surface area contributed by atoms with E-state index in [0.29, 0.717) is 6.42 Å². The first-order valence-corrected chi connectivity index (χ1v) is 22.2. The molecule has 3 fully saturated rings. The molecule has 2 unspecified atom stereocenters. The number of carbonyl (C=O) groups excluding carboxylic acids is 1. The summed E-state index contributed by atoms with van der Waals surface area (Å²) in [6.07, 6.45) is -3.16. The first-order chi connectivity index (χ1) is 25.2. The highest BCUT2D eigenvalue weighted by Gasteiger charge is 2.55. The summed E-state index contributed by atoms with van der Waals surface area (Å²) in [4.78, 5) is 13.5. The minimum atomic E-state index is -2.15. The molecule has 53 heavy (non-hydrogen) atoms. The van der Waals surface area contributed by atoms with Gasteiger partial charge in [-0.1, -0.05) is 114 Å². The second-order valence-electron chi connectivity index (χ2n) is 16.3. The second kappa shape index (κ2) is 18.6. The van der Waals surface area contributed by atoms with Crippen LogP contribution in [0.2, 0.25) is 18.1 Å². The molecule has 3 saturated heterocycles. The van der Waals surface area contributed by atoms with Gasteiger partial charge in [-0.3, -0.25) is 4.79 Å². The van der Waals surface area contributed by atoms with E-state index >= 15 is 0 Å². The van der Waals surface area contributed by atoms with Crippen LogP contribution in [0.1, 0.15) is 97.5 Å². The summed E-state index contributed by atoms with van der Waals surface area (Å²) in [6.45, 7) is 17.2. The molecule has 5 rings (SSSR count). The van der Waals surface area contributed by atoms with Gasteiger partial charge in [-0.25, -0.2) is 0 Å². The number of carbonyl (C=O) groups is 1. The molecule has 12 heteroatoms. The van der Waals surface area contributed by atoms with Crippen LogP contribution in [-0.2, 0) is 53.7 Å². The molecule has 2 aromatic rings. The summed E-state index contributed by atoms with van der Waals surface area (Å²) >= 11 is 0. The molecule has 296 valence electrons. The molecule has 0 amide bonds. The van der Waals surface area contributed by atoms with Gasteiger partial charge in [0.25, 0.3) is 0 Å². The number of hydrogen-bond acceptors (Lipinski definition) is 11. The van der Waals surface area contributed by atoms with Crippen molar-refractivity contribution in [3.8, 4) is 0 Å². The van der Waals surface area contributed by atoms with Crippen LogP contribution in [0.15, 0.2) is 60.7 Å². The quantitative estimate of drug-likeness (QED) is 0.0745. The van der Waals surface area contributed by atoms with Gasteiger partial charge in [0.2, 0.25) is 6.29 Å². The van der Waals surface area contributed by atoms with E-state index in [0.717, 1.165) is 36.8 Å². The minimum absolute atomic E-state index is 0.0232. The van der Waals surface area contributed by atoms with Crippen molar-refractivity contribution in [1.29, 1.82) is 0 Å². The number of fused-ring (bicyclic) bond motifs is 1. The van der Waals surface area contributed by atoms with E-state index in [1.807, 2.05) is 60.7 Å². The van der Waals surface area contributed by atoms with Crippen LogP contribution in [0.5, 0.6) is 0 Å². The van der Waals surface area contributed by atoms with Gasteiger partial charge in [-0.2, -0.15) is 0 Å². The molecule has 3 heterocycles. The molecule has 3 aliphatic heterocycles. The molecule has 3 aliphatic rings. The Morgan fingerprint density at radius 1 is 0.943 bits per heavy atom. The smallest absolute Gasteiger partial charge is 0.306 e. The molecule has 0 saturated carbocycles. The monoisotopic (exact) mass is 758 g/mol. The third kappa shape index (κ3) is 11.4. The van der Waals surface area contributed by atoms with Crippen molar-refractivity contribution in [2.75, 3.05) is 13.2 Å². The van der Waals surface area contributed by atoms with E-state index in [2.05, 4.69) is 40.8 Å². The predicted octanol–water partition coefficient (Wildman–Crippen LogP) is 7.56. The highest BCUT2D eigenvalue weighted by Crippen LogP contribution is 2.40. The first kappa shape index (κ1) is 41.9. The molecule has 0 bridgehead atoms. The van der Waals surface area contributed by atoms with Gasteiger partial charge in [0, 0.05) is 12.0 Å². The van der Waals surface area contributed by atoms with Crippen molar-refractivity contribution in [2.24, 2.45) is 0 Å². The molecule has 0 aromatic heterocycles. The van der Waals surface area contributed by atoms with Crippen molar-refractivity contribution in [3.05, 3.63) is 71.8 Å². The fraction of sp³-hybridized carbons (Fsp3) is 0.683. The number of benzene rings is 2. The van der Waals surface area contributed by atoms with Gasteiger partial charge < -0.3 is 47.4 Å². The van der Waals surface area contributed by atoms with Crippen LogP contribution in [0.3, 0.4) is 0 Å². The lowest BCUT2D eigenvalue weighted by atomic mass is 9.97. The van der Waals surface area contributed by atoms with E-state index < -0.39 is 75.6 Å². The highest BCUT2D eigenvalue weighted by atomic mass is 28.4. The van der Waals surface area contributed by atoms with Crippen LogP contribution in [0.25, 0.3) is 0 Å². The Kier molecular flexibility index (Phi) is 14.7. The SMILES string of the molecule is CCCCCCCC(=O)O[C@@H]1[C@H](OC(O)[C@@H]2OC(C)(C)O[C@H]2CO[Si](C)(C)C(C)(C)C)O[C@@H]2COC(c3ccccc3)O[C@H]2[C@@H]1OCc1ccccc1. The van der Waals surface area contributed by atoms with Gasteiger partial charge in [-0.15, -0.1) is 0 Å². The Balaban J connectivity index is 1.40. The summed E-state index contributed by atoms with van der Waals surface area (Å²) in [5, 5.41) is 11.7. The molecule has 9 atom stereocenters. The number of aliphatic hydroxyl groups excluding tert-OH is 1. The number of rotatable bonds is 17. The summed E-state index contributed by atoms with van der Waals surface area (Å²) < 4.78 is 57.3. The van der Waals surface area contributed by atoms with Crippen molar-refractivity contribution in [2.45, 2.75) is 166 Å². The lowest BCUT2D eigenvalue weighted by molar-refractivity contribution is -0.386. The van der Waals surface area contributed by atoms with Crippen molar-refractivity contribution in [3.63, 3.8) is 0 Å². The van der Waals surface area contributed by atoms with Crippen LogP contribution >= 0.6 is 0 Å². The molecular weight excluding hydrogens is 697 g/mol. The Morgan fingerprint density at radius 2 is 1.62 bits per heavy atom. The highest BCUT2D eigenvalue weighted by molar-refractivity contribution is 6.74. The number of aliphatic hydroxyl groups is 1. The minimum Gasteiger partial charge on any atom is -0.454 e. The van der Waals surface area contributed by atoms with Crippen LogP contribution in [0.4, 0.5) is 0 Å². The zero-order valence-corrected chi connectivity index (χ0v) is 33.9. The van der Waals surface area contributed by atoms with E-state index in [-0.39, 0.29) is 31.3 Å². The number of ether oxygens (including phenoxy) is 8. The summed E-state index contributed by atoms with van der Waals surface area (Å²) in [7, 11) is -2.15. The van der Waals surface area contributed by atoms with Gasteiger partial charge in [0.1, 0.15) is 30.5 Å². The van der Waals surface area contributed by atoms with Crippen molar-refractivity contribution >= 4 is 14.3 Å². The average molecular weight is 759 g/mol. The standard InChI is InChI=1S/C41H62O11Si/c1-9-10-11-12-19-24-32(42)48-36-35(44-25-28-20-15-13-16-21-28)33-30(26-45-38(49-33)29-22-17-14-18-23-29)47-39(36)50-37(43)34-31(51-41(5,6)52-34)27-46-53(7,8)40(2,3)4/h13-18,20-23,30-31,33-39,43H,9-12,19,24-27H2,1-8H3/t30-,31+,33-,34-,35+,36+,37?,38?,39+/m1/s1. The van der Waals surface area contributed by atoms with Gasteiger partial charge in [-0.05, 0) is 44.0 Å². The van der Waals surface area contributed by atoms with Crippen LogP contribution < -0.4 is 0 Å². The number of hydrogen-bond donors (Lipinski definition) is 1. The Morgan fingerprint density at radius 3 is 2.30 bits per heavy atom. The largest absolute Gasteiger partial charge is 0.454 e. The number of esters is 1. The third-order valence-electron chi connectivity index (χ3n) is 10.6.